The minimum Gasteiger partial charge on any atom is -0.350 e. The molecule has 1 amide bonds. The first kappa shape index (κ1) is 17.0. The molecular formula is C17H18BrClN2O. The Kier molecular flexibility index (Phi) is 6.00. The molecule has 2 aromatic rings. The Hall–Kier alpha value is -1.36. The van der Waals surface area contributed by atoms with E-state index in [1.165, 1.54) is 0 Å². The predicted octanol–water partition coefficient (Wildman–Crippen LogP) is 4.14. The van der Waals surface area contributed by atoms with Gasteiger partial charge in [0, 0.05) is 21.6 Å². The van der Waals surface area contributed by atoms with Gasteiger partial charge in [-0.1, -0.05) is 51.8 Å². The van der Waals surface area contributed by atoms with Gasteiger partial charge in [-0.2, -0.15) is 0 Å². The van der Waals surface area contributed by atoms with E-state index in [9.17, 15) is 4.79 Å². The van der Waals surface area contributed by atoms with Crippen molar-refractivity contribution in [2.24, 2.45) is 0 Å². The largest absolute Gasteiger partial charge is 0.350 e. The smallest absolute Gasteiger partial charge is 0.251 e. The first-order chi connectivity index (χ1) is 10.5. The van der Waals surface area contributed by atoms with Crippen molar-refractivity contribution in [2.45, 2.75) is 6.04 Å². The number of carbonyl (C=O) groups is 1. The van der Waals surface area contributed by atoms with E-state index in [1.807, 2.05) is 55.4 Å². The zero-order valence-corrected chi connectivity index (χ0v) is 14.9. The molecule has 3 nitrogen and oxygen atoms in total. The van der Waals surface area contributed by atoms with E-state index in [0.29, 0.717) is 17.1 Å². The number of nitrogens with one attached hydrogen (secondary N) is 1. The summed E-state index contributed by atoms with van der Waals surface area (Å²) in [6.07, 6.45) is 0. The molecule has 0 bridgehead atoms. The summed E-state index contributed by atoms with van der Waals surface area (Å²) in [4.78, 5) is 14.3. The van der Waals surface area contributed by atoms with Crippen LogP contribution in [0.25, 0.3) is 0 Å². The lowest BCUT2D eigenvalue weighted by Gasteiger charge is -2.26. The van der Waals surface area contributed by atoms with Crippen LogP contribution in [0.5, 0.6) is 0 Å². The van der Waals surface area contributed by atoms with E-state index in [4.69, 9.17) is 11.6 Å². The number of hydrogen-bond donors (Lipinski definition) is 1. The Balaban J connectivity index is 2.10. The molecule has 5 heteroatoms. The molecule has 0 heterocycles. The van der Waals surface area contributed by atoms with Gasteiger partial charge in [0.05, 0.1) is 6.04 Å². The third-order valence-electron chi connectivity index (χ3n) is 3.43. The maximum absolute atomic E-state index is 12.3. The van der Waals surface area contributed by atoms with Crippen LogP contribution in [0.1, 0.15) is 22.0 Å². The molecular weight excluding hydrogens is 364 g/mol. The second-order valence-electron chi connectivity index (χ2n) is 5.22. The standard InChI is InChI=1S/C17H18BrClN2O/c1-21(2)16(14-8-3-4-9-15(14)19)11-20-17(22)12-6-5-7-13(18)10-12/h3-10,16H,11H2,1-2H3,(H,20,22)/t16-/m1/s1. The van der Waals surface area contributed by atoms with Crippen molar-refractivity contribution < 1.29 is 4.79 Å². The number of halogens is 2. The average Bonchev–Trinajstić information content (AvgIpc) is 2.48. The molecule has 0 aromatic heterocycles. The predicted molar refractivity (Wildman–Crippen MR) is 94.4 cm³/mol. The molecule has 0 aliphatic rings. The first-order valence-electron chi connectivity index (χ1n) is 6.93. The van der Waals surface area contributed by atoms with E-state index in [-0.39, 0.29) is 11.9 Å². The van der Waals surface area contributed by atoms with E-state index >= 15 is 0 Å². The fourth-order valence-electron chi connectivity index (χ4n) is 2.24. The van der Waals surface area contributed by atoms with Gasteiger partial charge in [-0.3, -0.25) is 4.79 Å². The van der Waals surface area contributed by atoms with Gasteiger partial charge in [0.25, 0.3) is 5.91 Å². The average molecular weight is 382 g/mol. The zero-order chi connectivity index (χ0) is 16.1. The van der Waals surface area contributed by atoms with Crippen molar-refractivity contribution in [3.8, 4) is 0 Å². The van der Waals surface area contributed by atoms with Gasteiger partial charge >= 0.3 is 0 Å². The summed E-state index contributed by atoms with van der Waals surface area (Å²) >= 11 is 9.64. The van der Waals surface area contributed by atoms with Crippen molar-refractivity contribution >= 4 is 33.4 Å². The van der Waals surface area contributed by atoms with Crippen LogP contribution in [0.3, 0.4) is 0 Å². The Morgan fingerprint density at radius 2 is 1.95 bits per heavy atom. The molecule has 0 radical (unpaired) electrons. The van der Waals surface area contributed by atoms with Crippen LogP contribution in [0, 0.1) is 0 Å². The summed E-state index contributed by atoms with van der Waals surface area (Å²) in [6.45, 7) is 0.488. The fourth-order valence-corrected chi connectivity index (χ4v) is 2.90. The number of rotatable bonds is 5. The Morgan fingerprint density at radius 1 is 1.23 bits per heavy atom. The van der Waals surface area contributed by atoms with Crippen molar-refractivity contribution in [2.75, 3.05) is 20.6 Å². The van der Waals surface area contributed by atoms with Gasteiger partial charge in [-0.05, 0) is 43.9 Å². The van der Waals surface area contributed by atoms with Crippen LogP contribution < -0.4 is 5.32 Å². The monoisotopic (exact) mass is 380 g/mol. The highest BCUT2D eigenvalue weighted by atomic mass is 79.9. The van der Waals surface area contributed by atoms with Crippen molar-refractivity contribution in [1.82, 2.24) is 10.2 Å². The van der Waals surface area contributed by atoms with Gasteiger partial charge in [0.1, 0.15) is 0 Å². The summed E-state index contributed by atoms with van der Waals surface area (Å²) in [5, 5.41) is 3.68. The van der Waals surface area contributed by atoms with Crippen LogP contribution in [0.15, 0.2) is 53.0 Å². The molecule has 2 aromatic carbocycles. The van der Waals surface area contributed by atoms with Crippen LogP contribution in [-0.4, -0.2) is 31.4 Å². The number of amides is 1. The van der Waals surface area contributed by atoms with Gasteiger partial charge in [0.2, 0.25) is 0 Å². The minimum absolute atomic E-state index is 0.0183. The number of nitrogens with zero attached hydrogens (tertiary/aromatic N) is 1. The Bertz CT molecular complexity index is 661. The Labute approximate surface area is 144 Å². The summed E-state index contributed by atoms with van der Waals surface area (Å²) in [6, 6.07) is 15.0. The molecule has 0 fully saturated rings. The van der Waals surface area contributed by atoms with Gasteiger partial charge in [0.15, 0.2) is 0 Å². The van der Waals surface area contributed by atoms with E-state index in [2.05, 4.69) is 21.2 Å². The lowest BCUT2D eigenvalue weighted by molar-refractivity contribution is 0.0942. The number of likely N-dealkylation sites (N-methyl/N-ethyl adjacent to an activating group) is 1. The number of benzene rings is 2. The fraction of sp³-hybridized carbons (Fsp3) is 0.235. The molecule has 0 spiro atoms. The summed E-state index contributed by atoms with van der Waals surface area (Å²) in [5.41, 5.74) is 1.63. The van der Waals surface area contributed by atoms with E-state index < -0.39 is 0 Å². The van der Waals surface area contributed by atoms with Gasteiger partial charge in [-0.15, -0.1) is 0 Å². The Morgan fingerprint density at radius 3 is 2.59 bits per heavy atom. The molecule has 22 heavy (non-hydrogen) atoms. The van der Waals surface area contributed by atoms with Crippen LogP contribution in [0.4, 0.5) is 0 Å². The maximum Gasteiger partial charge on any atom is 0.251 e. The maximum atomic E-state index is 12.3. The highest BCUT2D eigenvalue weighted by molar-refractivity contribution is 9.10. The third-order valence-corrected chi connectivity index (χ3v) is 4.27. The van der Waals surface area contributed by atoms with E-state index in [1.54, 1.807) is 12.1 Å². The molecule has 0 saturated heterocycles. The lowest BCUT2D eigenvalue weighted by Crippen LogP contribution is -2.34. The van der Waals surface area contributed by atoms with Crippen LogP contribution >= 0.6 is 27.5 Å². The molecule has 0 aliphatic carbocycles. The SMILES string of the molecule is CN(C)[C@H](CNC(=O)c1cccc(Br)c1)c1ccccc1Cl. The molecule has 0 aliphatic heterocycles. The number of hydrogen-bond acceptors (Lipinski definition) is 2. The molecule has 1 N–H and O–H groups in total. The third kappa shape index (κ3) is 4.32. The molecule has 116 valence electrons. The molecule has 2 rings (SSSR count). The van der Waals surface area contributed by atoms with Crippen molar-refractivity contribution in [1.29, 1.82) is 0 Å². The van der Waals surface area contributed by atoms with Crippen LogP contribution in [0.2, 0.25) is 5.02 Å². The summed E-state index contributed by atoms with van der Waals surface area (Å²) in [7, 11) is 3.94. The number of carbonyl (C=O) groups excluding carboxylic acids is 1. The zero-order valence-electron chi connectivity index (χ0n) is 12.5. The van der Waals surface area contributed by atoms with Crippen molar-refractivity contribution in [3.63, 3.8) is 0 Å². The van der Waals surface area contributed by atoms with Crippen molar-refractivity contribution in [3.05, 3.63) is 69.2 Å². The summed E-state index contributed by atoms with van der Waals surface area (Å²) in [5.74, 6) is -0.0970. The molecule has 0 unspecified atom stereocenters. The van der Waals surface area contributed by atoms with Gasteiger partial charge in [-0.25, -0.2) is 0 Å². The topological polar surface area (TPSA) is 32.3 Å². The highest BCUT2D eigenvalue weighted by Gasteiger charge is 2.18. The summed E-state index contributed by atoms with van der Waals surface area (Å²) < 4.78 is 0.885. The van der Waals surface area contributed by atoms with Crippen LogP contribution in [-0.2, 0) is 0 Å². The normalized spacial score (nSPS) is 12.2. The first-order valence-corrected chi connectivity index (χ1v) is 8.10. The highest BCUT2D eigenvalue weighted by Crippen LogP contribution is 2.25. The second kappa shape index (κ2) is 7.77. The second-order valence-corrected chi connectivity index (χ2v) is 6.54. The molecule has 0 saturated carbocycles. The van der Waals surface area contributed by atoms with E-state index in [0.717, 1.165) is 10.0 Å². The quantitative estimate of drug-likeness (QED) is 0.844. The molecule has 1 atom stereocenters. The lowest BCUT2D eigenvalue weighted by atomic mass is 10.1. The minimum atomic E-state index is -0.0970. The van der Waals surface area contributed by atoms with Gasteiger partial charge < -0.3 is 10.2 Å².